The number of benzene rings is 1. The third-order valence-electron chi connectivity index (χ3n) is 5.91. The summed E-state index contributed by atoms with van der Waals surface area (Å²) in [5, 5.41) is 2.71. The van der Waals surface area contributed by atoms with Crippen LogP contribution in [0.1, 0.15) is 31.7 Å². The molecule has 2 atom stereocenters. The largest absolute Gasteiger partial charge is 0.449 e. The molecule has 5 rings (SSSR count). The van der Waals surface area contributed by atoms with Crippen LogP contribution >= 0.6 is 0 Å². The Morgan fingerprint density at radius 2 is 2.03 bits per heavy atom. The van der Waals surface area contributed by atoms with Crippen molar-refractivity contribution in [1.29, 1.82) is 0 Å². The van der Waals surface area contributed by atoms with E-state index in [-0.39, 0.29) is 29.9 Å². The van der Waals surface area contributed by atoms with E-state index in [1.807, 2.05) is 32.0 Å². The molecule has 2 bridgehead atoms. The number of nitrogens with zero attached hydrogens (tertiary/aromatic N) is 3. The third-order valence-corrected chi connectivity index (χ3v) is 5.91. The van der Waals surface area contributed by atoms with Gasteiger partial charge in [-0.05, 0) is 49.6 Å². The number of piperidine rings is 1. The molecule has 164 valence electrons. The van der Waals surface area contributed by atoms with Gasteiger partial charge in [0, 0.05) is 24.8 Å². The second-order valence-corrected chi connectivity index (χ2v) is 8.12. The Bertz CT molecular complexity index is 957. The number of piperazine rings is 1. The fourth-order valence-electron chi connectivity index (χ4n) is 4.23. The molecule has 7 nitrogen and oxygen atoms in total. The van der Waals surface area contributed by atoms with Gasteiger partial charge in [0.25, 0.3) is 0 Å². The molecule has 8 heteroatoms. The van der Waals surface area contributed by atoms with E-state index < -0.39 is 5.82 Å². The van der Waals surface area contributed by atoms with Crippen LogP contribution in [-0.4, -0.2) is 58.7 Å². The van der Waals surface area contributed by atoms with Crippen LogP contribution in [0, 0.1) is 12.7 Å². The number of amides is 3. The zero-order valence-corrected chi connectivity index (χ0v) is 17.8. The van der Waals surface area contributed by atoms with Crippen molar-refractivity contribution in [3.05, 3.63) is 47.9 Å². The molecular weight excluding hydrogens is 399 g/mol. The van der Waals surface area contributed by atoms with Gasteiger partial charge in [-0.1, -0.05) is 19.4 Å². The van der Waals surface area contributed by atoms with Crippen LogP contribution < -0.4 is 5.32 Å². The minimum Gasteiger partial charge on any atom is -0.449 e. The number of hydrogen-bond donors (Lipinski definition) is 1. The average molecular weight is 426 g/mol. The van der Waals surface area contributed by atoms with E-state index in [0.717, 1.165) is 30.4 Å². The molecule has 3 aliphatic heterocycles. The summed E-state index contributed by atoms with van der Waals surface area (Å²) >= 11 is 0. The highest BCUT2D eigenvalue weighted by Gasteiger charge is 2.48. The van der Waals surface area contributed by atoms with E-state index in [9.17, 15) is 14.0 Å². The summed E-state index contributed by atoms with van der Waals surface area (Å²) < 4.78 is 19.9. The van der Waals surface area contributed by atoms with E-state index in [1.165, 1.54) is 6.07 Å². The van der Waals surface area contributed by atoms with Crippen molar-refractivity contribution < 1.29 is 18.7 Å². The minimum atomic E-state index is -0.489. The van der Waals surface area contributed by atoms with Gasteiger partial charge in [0.05, 0.1) is 30.1 Å². The van der Waals surface area contributed by atoms with Crippen LogP contribution in [0.2, 0.25) is 0 Å². The molecule has 1 aromatic heterocycles. The number of nitrogens with one attached hydrogen (secondary N) is 1. The normalized spacial score (nSPS) is 19.6. The Morgan fingerprint density at radius 1 is 1.26 bits per heavy atom. The van der Waals surface area contributed by atoms with Crippen molar-refractivity contribution in [2.75, 3.05) is 25.0 Å². The van der Waals surface area contributed by atoms with Gasteiger partial charge in [0.1, 0.15) is 5.82 Å². The first-order valence-electron chi connectivity index (χ1n) is 10.7. The molecule has 3 amide bonds. The Hall–Kier alpha value is -3.16. The lowest BCUT2D eigenvalue weighted by Gasteiger charge is -2.55. The van der Waals surface area contributed by atoms with E-state index in [1.54, 1.807) is 22.1 Å². The number of pyridine rings is 1. The topological polar surface area (TPSA) is 74.8 Å². The molecule has 1 aromatic carbocycles. The standard InChI is InChI=1S/C23H27FN4O3/c1-3-4-9-31-23(30)27-13-16-11-17(14-27)28(16)22(29)26-21-12-18(15(2)10-19(21)24)20-7-5-6-8-25-20/h5-8,10,12,16-17H,3-4,9,11,13-14H2,1-2H3,(H,26,29). The number of ether oxygens (including phenoxy) is 1. The molecule has 0 saturated carbocycles. The Kier molecular flexibility index (Phi) is 6.06. The molecule has 0 radical (unpaired) electrons. The summed E-state index contributed by atoms with van der Waals surface area (Å²) in [4.78, 5) is 32.7. The van der Waals surface area contributed by atoms with Crippen LogP contribution in [0.3, 0.4) is 0 Å². The highest BCUT2D eigenvalue weighted by molar-refractivity contribution is 5.92. The van der Waals surface area contributed by atoms with Crippen LogP contribution in [-0.2, 0) is 4.74 Å². The zero-order valence-electron chi connectivity index (χ0n) is 17.8. The lowest BCUT2D eigenvalue weighted by molar-refractivity contribution is -0.0304. The molecule has 3 aliphatic rings. The molecular formula is C23H27FN4O3. The first-order valence-corrected chi connectivity index (χ1v) is 10.7. The first kappa shape index (κ1) is 21.1. The summed E-state index contributed by atoms with van der Waals surface area (Å²) in [7, 11) is 0. The number of aryl methyl sites for hydroxylation is 1. The van der Waals surface area contributed by atoms with E-state index in [4.69, 9.17) is 4.74 Å². The van der Waals surface area contributed by atoms with E-state index in [0.29, 0.717) is 25.4 Å². The van der Waals surface area contributed by atoms with Crippen LogP contribution in [0.5, 0.6) is 0 Å². The van der Waals surface area contributed by atoms with Gasteiger partial charge in [0.15, 0.2) is 0 Å². The van der Waals surface area contributed by atoms with Crippen molar-refractivity contribution in [1.82, 2.24) is 14.8 Å². The predicted molar refractivity (Wildman–Crippen MR) is 115 cm³/mol. The molecule has 4 heterocycles. The lowest BCUT2D eigenvalue weighted by Crippen LogP contribution is -2.71. The van der Waals surface area contributed by atoms with Crippen LogP contribution in [0.4, 0.5) is 19.7 Å². The molecule has 31 heavy (non-hydrogen) atoms. The minimum absolute atomic E-state index is 0.0822. The van der Waals surface area contributed by atoms with Gasteiger partial charge in [-0.3, -0.25) is 4.98 Å². The fourth-order valence-corrected chi connectivity index (χ4v) is 4.23. The number of rotatable bonds is 5. The van der Waals surface area contributed by atoms with Gasteiger partial charge in [-0.15, -0.1) is 0 Å². The maximum Gasteiger partial charge on any atom is 0.409 e. The third kappa shape index (κ3) is 4.33. The summed E-state index contributed by atoms with van der Waals surface area (Å²) in [6.45, 7) is 5.13. The Labute approximate surface area is 181 Å². The number of carbonyl (C=O) groups is 2. The van der Waals surface area contributed by atoms with Gasteiger partial charge >= 0.3 is 12.1 Å². The number of unbranched alkanes of at least 4 members (excludes halogenated alkanes) is 1. The van der Waals surface area contributed by atoms with E-state index >= 15 is 0 Å². The number of carbonyl (C=O) groups excluding carboxylic acids is 2. The smallest absolute Gasteiger partial charge is 0.409 e. The summed E-state index contributed by atoms with van der Waals surface area (Å²) in [6.07, 6.45) is 3.99. The number of hydrogen-bond acceptors (Lipinski definition) is 4. The second kappa shape index (κ2) is 8.91. The summed E-state index contributed by atoms with van der Waals surface area (Å²) in [5.74, 6) is -0.489. The number of halogens is 1. The van der Waals surface area contributed by atoms with Crippen molar-refractivity contribution in [3.8, 4) is 11.3 Å². The van der Waals surface area contributed by atoms with Crippen LogP contribution in [0.25, 0.3) is 11.3 Å². The van der Waals surface area contributed by atoms with Gasteiger partial charge in [0.2, 0.25) is 0 Å². The van der Waals surface area contributed by atoms with Gasteiger partial charge < -0.3 is 19.9 Å². The highest BCUT2D eigenvalue weighted by Crippen LogP contribution is 2.34. The van der Waals surface area contributed by atoms with Crippen molar-refractivity contribution >= 4 is 17.8 Å². The Balaban J connectivity index is 1.42. The zero-order chi connectivity index (χ0) is 22.0. The van der Waals surface area contributed by atoms with Crippen molar-refractivity contribution in [2.45, 2.75) is 45.2 Å². The molecule has 0 aliphatic carbocycles. The molecule has 2 unspecified atom stereocenters. The summed E-state index contributed by atoms with van der Waals surface area (Å²) in [6, 6.07) is 8.04. The number of aromatic nitrogens is 1. The van der Waals surface area contributed by atoms with Crippen molar-refractivity contribution in [3.63, 3.8) is 0 Å². The SMILES string of the molecule is CCCCOC(=O)N1CC2CC(C1)N2C(=O)Nc1cc(-c2ccccn2)c(C)cc1F. The fraction of sp³-hybridized carbons (Fsp3) is 0.435. The summed E-state index contributed by atoms with van der Waals surface area (Å²) in [5.41, 5.74) is 2.35. The Morgan fingerprint density at radius 3 is 2.71 bits per heavy atom. The monoisotopic (exact) mass is 426 g/mol. The number of fused-ring (bicyclic) bond motifs is 2. The van der Waals surface area contributed by atoms with Gasteiger partial charge in [-0.25, -0.2) is 14.0 Å². The number of anilines is 1. The number of urea groups is 1. The highest BCUT2D eigenvalue weighted by atomic mass is 19.1. The lowest BCUT2D eigenvalue weighted by atomic mass is 9.88. The second-order valence-electron chi connectivity index (χ2n) is 8.12. The maximum absolute atomic E-state index is 14.6. The average Bonchev–Trinajstić information content (AvgIpc) is 2.76. The molecule has 1 N–H and O–H groups in total. The molecule has 3 saturated heterocycles. The first-order chi connectivity index (χ1) is 15.0. The maximum atomic E-state index is 14.6. The molecule has 0 spiro atoms. The van der Waals surface area contributed by atoms with Crippen molar-refractivity contribution in [2.24, 2.45) is 0 Å². The molecule has 3 fully saturated rings. The quantitative estimate of drug-likeness (QED) is 0.718. The van der Waals surface area contributed by atoms with Gasteiger partial charge in [-0.2, -0.15) is 0 Å². The molecule has 2 aromatic rings. The predicted octanol–water partition coefficient (Wildman–Crippen LogP) is 4.42. The van der Waals surface area contributed by atoms with E-state index in [2.05, 4.69) is 10.3 Å². The van der Waals surface area contributed by atoms with Crippen LogP contribution in [0.15, 0.2) is 36.5 Å².